The highest BCUT2D eigenvalue weighted by Gasteiger charge is 2.47. The van der Waals surface area contributed by atoms with Gasteiger partial charge in [0.05, 0.1) is 10.7 Å². The minimum atomic E-state index is -1.01. The molecular weight excluding hydrogens is 448 g/mol. The van der Waals surface area contributed by atoms with E-state index in [-0.39, 0.29) is 18.4 Å². The third-order valence-corrected chi connectivity index (χ3v) is 6.78. The van der Waals surface area contributed by atoms with Crippen LogP contribution in [0.4, 0.5) is 4.79 Å². The van der Waals surface area contributed by atoms with E-state index < -0.39 is 11.6 Å². The lowest BCUT2D eigenvalue weighted by Crippen LogP contribution is -2.45. The molecule has 0 saturated carbocycles. The fourth-order valence-corrected chi connectivity index (χ4v) is 4.61. The normalized spacial score (nSPS) is 17.6. The summed E-state index contributed by atoms with van der Waals surface area (Å²) in [7, 11) is 0. The van der Waals surface area contributed by atoms with Gasteiger partial charge in [0.15, 0.2) is 0 Å². The second-order valence-electron chi connectivity index (χ2n) is 8.69. The summed E-state index contributed by atoms with van der Waals surface area (Å²) >= 11 is 1.62. The van der Waals surface area contributed by atoms with Gasteiger partial charge in [0.1, 0.15) is 12.1 Å². The number of rotatable bonds is 9. The number of carbonyl (C=O) groups excluding carboxylic acids is 3. The van der Waals surface area contributed by atoms with E-state index in [2.05, 4.69) is 15.6 Å². The Bertz CT molecular complexity index is 1180. The molecule has 1 saturated heterocycles. The van der Waals surface area contributed by atoms with Gasteiger partial charge in [-0.25, -0.2) is 9.78 Å². The monoisotopic (exact) mass is 476 g/mol. The van der Waals surface area contributed by atoms with E-state index in [1.807, 2.05) is 66.9 Å². The number of hydrogen-bond acceptors (Lipinski definition) is 5. The zero-order valence-electron chi connectivity index (χ0n) is 19.3. The van der Waals surface area contributed by atoms with Crippen LogP contribution in [-0.2, 0) is 22.4 Å². The van der Waals surface area contributed by atoms with Crippen molar-refractivity contribution in [3.05, 3.63) is 76.1 Å². The molecule has 4 amide bonds. The number of amides is 4. The van der Waals surface area contributed by atoms with Gasteiger partial charge in [-0.1, -0.05) is 54.6 Å². The predicted octanol–water partition coefficient (Wildman–Crippen LogP) is 3.72. The SMILES string of the molecule is Cc1nc(-c2ccc(CCNC(=O)CN3C(=O)N[C@](C)(CCc4ccccc4)C3=O)cc2)cs1. The molecule has 3 aromatic rings. The summed E-state index contributed by atoms with van der Waals surface area (Å²) < 4.78 is 0. The lowest BCUT2D eigenvalue weighted by atomic mass is 9.93. The van der Waals surface area contributed by atoms with Gasteiger partial charge in [-0.15, -0.1) is 11.3 Å². The topological polar surface area (TPSA) is 91.4 Å². The molecule has 1 fully saturated rings. The maximum Gasteiger partial charge on any atom is 0.325 e. The number of thiazole rings is 1. The van der Waals surface area contributed by atoms with Crippen LogP contribution in [-0.4, -0.2) is 46.4 Å². The Hall–Kier alpha value is -3.52. The molecular formula is C26H28N4O3S. The van der Waals surface area contributed by atoms with Crippen molar-refractivity contribution in [2.75, 3.05) is 13.1 Å². The molecule has 0 unspecified atom stereocenters. The first kappa shape index (κ1) is 23.6. The molecule has 176 valence electrons. The van der Waals surface area contributed by atoms with Crippen LogP contribution in [0.15, 0.2) is 60.0 Å². The standard InChI is InChI=1S/C26H28N4O3S/c1-18-28-22(17-34-18)21-10-8-20(9-11-21)13-15-27-23(31)16-30-24(32)26(2,29-25(30)33)14-12-19-6-4-3-5-7-19/h3-11,17H,12-16H2,1-2H3,(H,27,31)(H,29,33)/t26-/m1/s1. The lowest BCUT2D eigenvalue weighted by molar-refractivity contribution is -0.134. The fraction of sp³-hybridized carbons (Fsp3) is 0.308. The summed E-state index contributed by atoms with van der Waals surface area (Å²) in [6.45, 7) is 3.83. The van der Waals surface area contributed by atoms with Gasteiger partial charge in [-0.3, -0.25) is 14.5 Å². The molecule has 0 aliphatic carbocycles. The highest BCUT2D eigenvalue weighted by molar-refractivity contribution is 7.09. The summed E-state index contributed by atoms with van der Waals surface area (Å²) in [5.74, 6) is -0.721. The first-order chi connectivity index (χ1) is 16.3. The molecule has 0 radical (unpaired) electrons. The number of benzene rings is 2. The average Bonchev–Trinajstić information content (AvgIpc) is 3.36. The van der Waals surface area contributed by atoms with Gasteiger partial charge in [-0.2, -0.15) is 0 Å². The van der Waals surface area contributed by atoms with Crippen LogP contribution in [0.2, 0.25) is 0 Å². The Labute approximate surface area is 203 Å². The van der Waals surface area contributed by atoms with E-state index in [0.29, 0.717) is 25.8 Å². The van der Waals surface area contributed by atoms with Crippen LogP contribution in [0.25, 0.3) is 11.3 Å². The van der Waals surface area contributed by atoms with E-state index >= 15 is 0 Å². The Morgan fingerprint density at radius 1 is 1.06 bits per heavy atom. The number of aromatic nitrogens is 1. The van der Waals surface area contributed by atoms with Crippen molar-refractivity contribution >= 4 is 29.2 Å². The molecule has 7 nitrogen and oxygen atoms in total. The molecule has 0 spiro atoms. The van der Waals surface area contributed by atoms with Crippen molar-refractivity contribution < 1.29 is 14.4 Å². The van der Waals surface area contributed by atoms with E-state index in [1.165, 1.54) is 0 Å². The molecule has 1 aliphatic heterocycles. The summed E-state index contributed by atoms with van der Waals surface area (Å²) in [6.07, 6.45) is 1.78. The molecule has 4 rings (SSSR count). The van der Waals surface area contributed by atoms with Gasteiger partial charge < -0.3 is 10.6 Å². The molecule has 2 heterocycles. The number of nitrogens with zero attached hydrogens (tertiary/aromatic N) is 2. The summed E-state index contributed by atoms with van der Waals surface area (Å²) in [4.78, 5) is 43.2. The van der Waals surface area contributed by atoms with Gasteiger partial charge in [0.2, 0.25) is 5.91 Å². The number of aryl methyl sites for hydroxylation is 2. The number of urea groups is 1. The van der Waals surface area contributed by atoms with Gasteiger partial charge in [0, 0.05) is 17.5 Å². The van der Waals surface area contributed by atoms with Crippen molar-refractivity contribution in [2.24, 2.45) is 0 Å². The van der Waals surface area contributed by atoms with Crippen LogP contribution >= 0.6 is 11.3 Å². The first-order valence-electron chi connectivity index (χ1n) is 11.3. The third-order valence-electron chi connectivity index (χ3n) is 6.01. The van der Waals surface area contributed by atoms with Gasteiger partial charge in [0.25, 0.3) is 5.91 Å². The Balaban J connectivity index is 1.25. The largest absolute Gasteiger partial charge is 0.354 e. The third kappa shape index (κ3) is 5.51. The number of imide groups is 1. The van der Waals surface area contributed by atoms with Crippen molar-refractivity contribution in [1.82, 2.24) is 20.5 Å². The van der Waals surface area contributed by atoms with Crippen molar-refractivity contribution in [2.45, 2.75) is 38.6 Å². The molecule has 1 aliphatic rings. The lowest BCUT2D eigenvalue weighted by Gasteiger charge is -2.21. The Morgan fingerprint density at radius 3 is 2.44 bits per heavy atom. The quantitative estimate of drug-likeness (QED) is 0.461. The van der Waals surface area contributed by atoms with Gasteiger partial charge in [-0.05, 0) is 44.2 Å². The van der Waals surface area contributed by atoms with Crippen LogP contribution < -0.4 is 10.6 Å². The Kier molecular flexibility index (Phi) is 7.07. The Morgan fingerprint density at radius 2 is 1.76 bits per heavy atom. The number of hydrogen-bond donors (Lipinski definition) is 2. The second-order valence-corrected chi connectivity index (χ2v) is 9.75. The molecule has 1 aromatic heterocycles. The van der Waals surface area contributed by atoms with E-state index in [4.69, 9.17) is 0 Å². The average molecular weight is 477 g/mol. The van der Waals surface area contributed by atoms with E-state index in [0.717, 1.165) is 32.3 Å². The first-order valence-corrected chi connectivity index (χ1v) is 12.2. The van der Waals surface area contributed by atoms with Crippen LogP contribution in [0.1, 0.15) is 29.5 Å². The minimum absolute atomic E-state index is 0.284. The zero-order valence-corrected chi connectivity index (χ0v) is 20.2. The maximum absolute atomic E-state index is 12.9. The van der Waals surface area contributed by atoms with E-state index in [9.17, 15) is 14.4 Å². The molecule has 2 aromatic carbocycles. The van der Waals surface area contributed by atoms with E-state index in [1.54, 1.807) is 18.3 Å². The molecule has 1 atom stereocenters. The smallest absolute Gasteiger partial charge is 0.325 e. The van der Waals surface area contributed by atoms with Gasteiger partial charge >= 0.3 is 6.03 Å². The molecule has 34 heavy (non-hydrogen) atoms. The summed E-state index contributed by atoms with van der Waals surface area (Å²) in [5.41, 5.74) is 3.19. The molecule has 8 heteroatoms. The molecule has 2 N–H and O–H groups in total. The number of nitrogens with one attached hydrogen (secondary N) is 2. The second kappa shape index (κ2) is 10.2. The maximum atomic E-state index is 12.9. The highest BCUT2D eigenvalue weighted by atomic mass is 32.1. The predicted molar refractivity (Wildman–Crippen MR) is 132 cm³/mol. The summed E-state index contributed by atoms with van der Waals surface area (Å²) in [6, 6.07) is 17.4. The minimum Gasteiger partial charge on any atom is -0.354 e. The summed E-state index contributed by atoms with van der Waals surface area (Å²) in [5, 5.41) is 8.64. The zero-order chi connectivity index (χ0) is 24.1. The van der Waals surface area contributed by atoms with Crippen molar-refractivity contribution in [3.8, 4) is 11.3 Å². The van der Waals surface area contributed by atoms with Crippen LogP contribution in [0.5, 0.6) is 0 Å². The van der Waals surface area contributed by atoms with Crippen molar-refractivity contribution in [3.63, 3.8) is 0 Å². The van der Waals surface area contributed by atoms with Crippen molar-refractivity contribution in [1.29, 1.82) is 0 Å². The van der Waals surface area contributed by atoms with Crippen LogP contribution in [0.3, 0.4) is 0 Å². The molecule has 0 bridgehead atoms. The number of carbonyl (C=O) groups is 3. The van der Waals surface area contributed by atoms with Crippen LogP contribution in [0, 0.1) is 6.92 Å². The fourth-order valence-electron chi connectivity index (χ4n) is 3.98. The highest BCUT2D eigenvalue weighted by Crippen LogP contribution is 2.24.